The van der Waals surface area contributed by atoms with E-state index in [1.165, 1.54) is 25.4 Å². The molecule has 0 aliphatic carbocycles. The molecule has 3 aromatic rings. The minimum Gasteiger partial charge on any atom is -0.545 e. The molecule has 0 saturated heterocycles. The summed E-state index contributed by atoms with van der Waals surface area (Å²) in [5.41, 5.74) is 1.93. The molecular formula is C17H13N4O3-. The topological polar surface area (TPSA) is 107 Å². The molecule has 0 radical (unpaired) electrons. The maximum Gasteiger partial charge on any atom is 0.221 e. The molecule has 3 rings (SSSR count). The highest BCUT2D eigenvalue weighted by Crippen LogP contribution is 2.25. The number of aromatic carboxylic acids is 1. The summed E-state index contributed by atoms with van der Waals surface area (Å²) < 4.78 is 0. The summed E-state index contributed by atoms with van der Waals surface area (Å²) in [6.07, 6.45) is 1.35. The second-order valence-corrected chi connectivity index (χ2v) is 5.13. The zero-order valence-electron chi connectivity index (χ0n) is 12.7. The highest BCUT2D eigenvalue weighted by atomic mass is 16.4. The van der Waals surface area contributed by atoms with Gasteiger partial charge in [-0.15, -0.1) is 0 Å². The Hall–Kier alpha value is -3.48. The van der Waals surface area contributed by atoms with Gasteiger partial charge in [0, 0.05) is 23.7 Å². The van der Waals surface area contributed by atoms with Gasteiger partial charge in [0.05, 0.1) is 11.5 Å². The van der Waals surface area contributed by atoms with Gasteiger partial charge in [0.2, 0.25) is 5.91 Å². The van der Waals surface area contributed by atoms with Crippen LogP contribution in [0.4, 0.5) is 17.2 Å². The molecule has 0 bridgehead atoms. The molecule has 24 heavy (non-hydrogen) atoms. The van der Waals surface area contributed by atoms with Gasteiger partial charge in [-0.3, -0.25) is 4.79 Å². The third-order valence-corrected chi connectivity index (χ3v) is 3.32. The highest BCUT2D eigenvalue weighted by Gasteiger charge is 2.06. The molecule has 7 nitrogen and oxygen atoms in total. The Morgan fingerprint density at radius 2 is 1.83 bits per heavy atom. The molecule has 1 amide bonds. The van der Waals surface area contributed by atoms with E-state index in [1.807, 2.05) is 6.07 Å². The number of benzene rings is 2. The molecule has 120 valence electrons. The summed E-state index contributed by atoms with van der Waals surface area (Å²) in [7, 11) is 0. The average Bonchev–Trinajstić information content (AvgIpc) is 2.54. The summed E-state index contributed by atoms with van der Waals surface area (Å²) in [6.45, 7) is 1.44. The van der Waals surface area contributed by atoms with Gasteiger partial charge in [0.15, 0.2) is 0 Å². The lowest BCUT2D eigenvalue weighted by Gasteiger charge is -2.11. The van der Waals surface area contributed by atoms with E-state index in [1.54, 1.807) is 24.3 Å². The number of aromatic nitrogens is 2. The molecular weight excluding hydrogens is 308 g/mol. The Bertz CT molecular complexity index is 940. The summed E-state index contributed by atoms with van der Waals surface area (Å²) >= 11 is 0. The fraction of sp³-hybridized carbons (Fsp3) is 0.0588. The van der Waals surface area contributed by atoms with E-state index in [-0.39, 0.29) is 11.5 Å². The lowest BCUT2D eigenvalue weighted by atomic mass is 10.1. The summed E-state index contributed by atoms with van der Waals surface area (Å²) in [4.78, 5) is 30.4. The van der Waals surface area contributed by atoms with Gasteiger partial charge in [0.25, 0.3) is 0 Å². The number of rotatable bonds is 4. The summed E-state index contributed by atoms with van der Waals surface area (Å²) in [6, 6.07) is 11.7. The molecule has 0 fully saturated rings. The minimum atomic E-state index is -1.26. The van der Waals surface area contributed by atoms with Crippen LogP contribution < -0.4 is 15.7 Å². The molecule has 0 atom stereocenters. The smallest absolute Gasteiger partial charge is 0.221 e. The zero-order valence-corrected chi connectivity index (χ0v) is 12.7. The van der Waals surface area contributed by atoms with Crippen molar-refractivity contribution in [3.63, 3.8) is 0 Å². The van der Waals surface area contributed by atoms with Crippen LogP contribution in [0.2, 0.25) is 0 Å². The third kappa shape index (κ3) is 3.30. The fourth-order valence-electron chi connectivity index (χ4n) is 2.30. The predicted molar refractivity (Wildman–Crippen MR) is 87.9 cm³/mol. The van der Waals surface area contributed by atoms with Crippen molar-refractivity contribution in [2.24, 2.45) is 0 Å². The number of carbonyl (C=O) groups is 2. The van der Waals surface area contributed by atoms with Crippen LogP contribution in [0.3, 0.4) is 0 Å². The number of carbonyl (C=O) groups excluding carboxylic acids is 2. The summed E-state index contributed by atoms with van der Waals surface area (Å²) in [5, 5.41) is 17.5. The first-order valence-electron chi connectivity index (χ1n) is 7.14. The van der Waals surface area contributed by atoms with E-state index < -0.39 is 5.97 Å². The van der Waals surface area contributed by atoms with Gasteiger partial charge < -0.3 is 20.5 Å². The Kier molecular flexibility index (Phi) is 4.07. The van der Waals surface area contributed by atoms with Crippen molar-refractivity contribution in [1.82, 2.24) is 9.97 Å². The lowest BCUT2D eigenvalue weighted by Crippen LogP contribution is -2.22. The molecule has 0 unspecified atom stereocenters. The number of nitrogens with zero attached hydrogens (tertiary/aromatic N) is 2. The molecule has 0 spiro atoms. The van der Waals surface area contributed by atoms with Gasteiger partial charge in [-0.2, -0.15) is 0 Å². The Labute approximate surface area is 137 Å². The fourth-order valence-corrected chi connectivity index (χ4v) is 2.30. The van der Waals surface area contributed by atoms with E-state index in [2.05, 4.69) is 20.6 Å². The molecule has 2 N–H and O–H groups in total. The molecule has 1 heterocycles. The quantitative estimate of drug-likeness (QED) is 0.757. The first-order chi connectivity index (χ1) is 11.5. The van der Waals surface area contributed by atoms with E-state index in [0.717, 1.165) is 5.69 Å². The number of nitrogens with one attached hydrogen (secondary N) is 2. The normalized spacial score (nSPS) is 10.4. The largest absolute Gasteiger partial charge is 0.545 e. The molecule has 7 heteroatoms. The van der Waals surface area contributed by atoms with Crippen LogP contribution in [-0.4, -0.2) is 21.8 Å². The van der Waals surface area contributed by atoms with E-state index in [0.29, 0.717) is 22.4 Å². The highest BCUT2D eigenvalue weighted by molar-refractivity contribution is 5.96. The average molecular weight is 321 g/mol. The van der Waals surface area contributed by atoms with Crippen LogP contribution in [0.15, 0.2) is 48.8 Å². The van der Waals surface area contributed by atoms with Gasteiger partial charge in [-0.25, -0.2) is 9.97 Å². The van der Waals surface area contributed by atoms with E-state index in [4.69, 9.17) is 0 Å². The third-order valence-electron chi connectivity index (χ3n) is 3.32. The Balaban J connectivity index is 1.95. The number of amides is 1. The van der Waals surface area contributed by atoms with Crippen molar-refractivity contribution in [1.29, 1.82) is 0 Å². The minimum absolute atomic E-state index is 0.0554. The monoisotopic (exact) mass is 321 g/mol. The number of anilines is 3. The second-order valence-electron chi connectivity index (χ2n) is 5.13. The van der Waals surface area contributed by atoms with E-state index in [9.17, 15) is 14.7 Å². The predicted octanol–water partition coefficient (Wildman–Crippen LogP) is 1.70. The standard InChI is InChI=1S/C17H14N4O3/c1-10(22)20-12-3-2-4-13(8-12)21-16-14-6-5-11(17(23)24)7-15(14)18-9-19-16/h2-9H,1H3,(H,20,22)(H,23,24)(H,18,19,21)/p-1. The van der Waals surface area contributed by atoms with Crippen LogP contribution in [0.25, 0.3) is 10.9 Å². The molecule has 0 aliphatic rings. The lowest BCUT2D eigenvalue weighted by molar-refractivity contribution is -0.255. The molecule has 0 aliphatic heterocycles. The van der Waals surface area contributed by atoms with Crippen molar-refractivity contribution in [3.8, 4) is 0 Å². The van der Waals surface area contributed by atoms with Crippen LogP contribution >= 0.6 is 0 Å². The maximum absolute atomic E-state index is 11.1. The van der Waals surface area contributed by atoms with Crippen molar-refractivity contribution in [3.05, 3.63) is 54.4 Å². The number of fused-ring (bicyclic) bond motifs is 1. The first-order valence-corrected chi connectivity index (χ1v) is 7.14. The van der Waals surface area contributed by atoms with E-state index >= 15 is 0 Å². The number of hydrogen-bond acceptors (Lipinski definition) is 6. The Morgan fingerprint density at radius 3 is 2.58 bits per heavy atom. The molecule has 0 saturated carbocycles. The van der Waals surface area contributed by atoms with Gasteiger partial charge in [-0.05, 0) is 35.9 Å². The SMILES string of the molecule is CC(=O)Nc1cccc(Nc2ncnc3cc(C(=O)[O-])ccc23)c1. The summed E-state index contributed by atoms with van der Waals surface area (Å²) in [5.74, 6) is -0.882. The van der Waals surface area contributed by atoms with Crippen LogP contribution in [-0.2, 0) is 4.79 Å². The second kappa shape index (κ2) is 6.33. The van der Waals surface area contributed by atoms with Crippen LogP contribution in [0, 0.1) is 0 Å². The molecule has 2 aromatic carbocycles. The van der Waals surface area contributed by atoms with Crippen molar-refractivity contribution in [2.75, 3.05) is 10.6 Å². The maximum atomic E-state index is 11.1. The first kappa shape index (κ1) is 15.4. The van der Waals surface area contributed by atoms with Crippen LogP contribution in [0.5, 0.6) is 0 Å². The van der Waals surface area contributed by atoms with Crippen LogP contribution in [0.1, 0.15) is 17.3 Å². The van der Waals surface area contributed by atoms with Gasteiger partial charge in [0.1, 0.15) is 12.1 Å². The number of carboxylic acid groups (broad SMARTS) is 1. The van der Waals surface area contributed by atoms with Crippen molar-refractivity contribution < 1.29 is 14.7 Å². The van der Waals surface area contributed by atoms with Crippen molar-refractivity contribution >= 4 is 40.0 Å². The van der Waals surface area contributed by atoms with Gasteiger partial charge in [-0.1, -0.05) is 12.1 Å². The molecule has 1 aromatic heterocycles. The number of carboxylic acids is 1. The number of hydrogen-bond donors (Lipinski definition) is 2. The zero-order chi connectivity index (χ0) is 17.1. The van der Waals surface area contributed by atoms with Crippen molar-refractivity contribution in [2.45, 2.75) is 6.92 Å². The van der Waals surface area contributed by atoms with Gasteiger partial charge >= 0.3 is 0 Å². The Morgan fingerprint density at radius 1 is 1.04 bits per heavy atom.